The van der Waals surface area contributed by atoms with Crippen LogP contribution in [0.4, 0.5) is 4.79 Å². The summed E-state index contributed by atoms with van der Waals surface area (Å²) in [5.41, 5.74) is 7.79. The van der Waals surface area contributed by atoms with Gasteiger partial charge in [0.05, 0.1) is 22.4 Å². The number of urea groups is 1. The molecule has 43 heavy (non-hydrogen) atoms. The maximum absolute atomic E-state index is 14.4. The van der Waals surface area contributed by atoms with Gasteiger partial charge in [0.25, 0.3) is 0 Å². The Morgan fingerprint density at radius 2 is 1.91 bits per heavy atom. The molecule has 0 saturated carbocycles. The highest BCUT2D eigenvalue weighted by molar-refractivity contribution is 7.09. The number of carbonyl (C=O) groups excluding carboxylic acids is 4. The van der Waals surface area contributed by atoms with E-state index in [1.165, 1.54) is 16.2 Å². The third-order valence-corrected chi connectivity index (χ3v) is 7.93. The van der Waals surface area contributed by atoms with E-state index in [2.05, 4.69) is 10.3 Å². The largest absolute Gasteiger partial charge is 0.487 e. The van der Waals surface area contributed by atoms with Crippen molar-refractivity contribution in [2.45, 2.75) is 44.9 Å². The number of thiazole rings is 1. The summed E-state index contributed by atoms with van der Waals surface area (Å²) >= 11 is 7.59. The maximum atomic E-state index is 14.4. The number of aromatic nitrogens is 1. The zero-order chi connectivity index (χ0) is 30.9. The van der Waals surface area contributed by atoms with Crippen molar-refractivity contribution in [2.75, 3.05) is 19.6 Å². The number of carbonyl (C=O) groups is 4. The molecule has 2 aromatic carbocycles. The van der Waals surface area contributed by atoms with Crippen molar-refractivity contribution in [1.29, 1.82) is 0 Å². The monoisotopic (exact) mass is 622 g/mol. The van der Waals surface area contributed by atoms with E-state index in [1.807, 2.05) is 32.9 Å². The quantitative estimate of drug-likeness (QED) is 0.299. The number of ketones is 1. The van der Waals surface area contributed by atoms with Crippen LogP contribution in [0.1, 0.15) is 65.6 Å². The third kappa shape index (κ3) is 6.70. The summed E-state index contributed by atoms with van der Waals surface area (Å²) in [6, 6.07) is 10.5. The standard InChI is InChI=1S/C30H31ClN6O5S/c1-30(2,3)42-22-12-18(21(38)13-24(32)39)6-9-20(22)28-35-26(17-4-7-19(31)8-5-17)27(23-14-33-16-43-23)37(28)29(41)36-11-10-34-25(40)15-36/h4-9,12,14,16,26-27H,10-11,13,15H2,1-3H3,(H2,32,39)(H,34,40). The van der Waals surface area contributed by atoms with Crippen LogP contribution in [0.5, 0.6) is 5.75 Å². The highest BCUT2D eigenvalue weighted by Gasteiger charge is 2.46. The number of benzene rings is 2. The van der Waals surface area contributed by atoms with Gasteiger partial charge in [-0.05, 0) is 50.6 Å². The first kappa shape index (κ1) is 30.2. The van der Waals surface area contributed by atoms with E-state index in [9.17, 15) is 19.2 Å². The Hall–Kier alpha value is -4.29. The summed E-state index contributed by atoms with van der Waals surface area (Å²) < 4.78 is 6.32. The molecule has 13 heteroatoms. The number of aliphatic imine (C=N–C) groups is 1. The van der Waals surface area contributed by atoms with Crippen molar-refractivity contribution in [3.8, 4) is 5.75 Å². The van der Waals surface area contributed by atoms with Crippen LogP contribution in [-0.2, 0) is 9.59 Å². The molecule has 0 radical (unpaired) electrons. The smallest absolute Gasteiger partial charge is 0.326 e. The zero-order valence-corrected chi connectivity index (χ0v) is 25.4. The molecule has 224 valence electrons. The summed E-state index contributed by atoms with van der Waals surface area (Å²) in [5.74, 6) is -0.846. The number of piperazine rings is 1. The fourth-order valence-corrected chi connectivity index (χ4v) is 5.89. The molecule has 3 heterocycles. The molecule has 2 unspecified atom stereocenters. The fourth-order valence-electron chi connectivity index (χ4n) is 5.03. The van der Waals surface area contributed by atoms with E-state index in [4.69, 9.17) is 27.1 Å². The van der Waals surface area contributed by atoms with Gasteiger partial charge in [-0.15, -0.1) is 11.3 Å². The number of rotatable bonds is 7. The Balaban J connectivity index is 1.69. The number of nitrogens with one attached hydrogen (secondary N) is 1. The molecule has 1 fully saturated rings. The number of nitrogens with two attached hydrogens (primary N) is 1. The predicted molar refractivity (Wildman–Crippen MR) is 162 cm³/mol. The van der Waals surface area contributed by atoms with E-state index in [0.717, 1.165) is 10.4 Å². The lowest BCUT2D eigenvalue weighted by Crippen LogP contribution is -2.55. The van der Waals surface area contributed by atoms with Crippen molar-refractivity contribution in [2.24, 2.45) is 10.7 Å². The van der Waals surface area contributed by atoms with Crippen LogP contribution in [0, 0.1) is 0 Å². The topological polar surface area (TPSA) is 147 Å². The van der Waals surface area contributed by atoms with Crippen LogP contribution in [0.15, 0.2) is 59.2 Å². The van der Waals surface area contributed by atoms with E-state index in [-0.39, 0.29) is 18.0 Å². The number of ether oxygens (including phenoxy) is 1. The van der Waals surface area contributed by atoms with Crippen molar-refractivity contribution in [1.82, 2.24) is 20.1 Å². The lowest BCUT2D eigenvalue weighted by Gasteiger charge is -2.35. The van der Waals surface area contributed by atoms with Gasteiger partial charge >= 0.3 is 6.03 Å². The molecule has 1 saturated heterocycles. The van der Waals surface area contributed by atoms with Gasteiger partial charge in [-0.25, -0.2) is 4.79 Å². The highest BCUT2D eigenvalue weighted by atomic mass is 35.5. The molecule has 0 spiro atoms. The fraction of sp³-hybridized carbons (Fsp3) is 0.333. The second-order valence-corrected chi connectivity index (χ2v) is 12.6. The summed E-state index contributed by atoms with van der Waals surface area (Å²) in [5, 5.41) is 3.32. The summed E-state index contributed by atoms with van der Waals surface area (Å²) in [6.07, 6.45) is 1.25. The number of amides is 4. The molecule has 2 aliphatic rings. The van der Waals surface area contributed by atoms with Crippen LogP contribution >= 0.6 is 22.9 Å². The molecule has 11 nitrogen and oxygen atoms in total. The summed E-state index contributed by atoms with van der Waals surface area (Å²) in [4.78, 5) is 64.2. The highest BCUT2D eigenvalue weighted by Crippen LogP contribution is 2.46. The minimum absolute atomic E-state index is 0.102. The Morgan fingerprint density at radius 3 is 2.53 bits per heavy atom. The predicted octanol–water partition coefficient (Wildman–Crippen LogP) is 4.13. The first-order valence-corrected chi connectivity index (χ1v) is 14.9. The van der Waals surface area contributed by atoms with Gasteiger partial charge in [0.1, 0.15) is 35.8 Å². The number of hydrogen-bond acceptors (Lipinski definition) is 8. The van der Waals surface area contributed by atoms with Crippen LogP contribution < -0.4 is 15.8 Å². The van der Waals surface area contributed by atoms with Crippen molar-refractivity contribution < 1.29 is 23.9 Å². The Bertz CT molecular complexity index is 1590. The van der Waals surface area contributed by atoms with Crippen LogP contribution in [0.25, 0.3) is 0 Å². The average molecular weight is 623 g/mol. The number of halogens is 1. The molecule has 0 bridgehead atoms. The number of nitrogens with zero attached hydrogens (tertiary/aromatic N) is 4. The van der Waals surface area contributed by atoms with Gasteiger partial charge in [0, 0.05) is 29.9 Å². The number of primary amides is 1. The maximum Gasteiger partial charge on any atom is 0.326 e. The lowest BCUT2D eigenvalue weighted by atomic mass is 9.99. The van der Waals surface area contributed by atoms with Gasteiger partial charge < -0.3 is 20.7 Å². The van der Waals surface area contributed by atoms with E-state index >= 15 is 0 Å². The number of Topliss-reactive ketones (excluding diaryl/α,β-unsaturated/α-hetero) is 1. The molecule has 3 N–H and O–H groups in total. The summed E-state index contributed by atoms with van der Waals surface area (Å²) in [7, 11) is 0. The van der Waals surface area contributed by atoms with Crippen molar-refractivity contribution in [3.63, 3.8) is 0 Å². The van der Waals surface area contributed by atoms with E-state index in [1.54, 1.807) is 46.9 Å². The minimum atomic E-state index is -0.743. The average Bonchev–Trinajstić information content (AvgIpc) is 3.60. The molecule has 4 amide bonds. The SMILES string of the molecule is CC(C)(C)Oc1cc(C(=O)CC(N)=O)ccc1C1=NC(c2ccc(Cl)cc2)C(c2cncs2)N1C(=O)N1CCNC(=O)C1. The van der Waals surface area contributed by atoms with Crippen molar-refractivity contribution >= 4 is 52.4 Å². The van der Waals surface area contributed by atoms with Gasteiger partial charge in [-0.2, -0.15) is 0 Å². The molecule has 3 aromatic rings. The number of amidine groups is 1. The van der Waals surface area contributed by atoms with Crippen LogP contribution in [-0.4, -0.2) is 69.5 Å². The first-order chi connectivity index (χ1) is 20.4. The molecule has 0 aliphatic carbocycles. The van der Waals surface area contributed by atoms with Crippen LogP contribution in [0.2, 0.25) is 5.02 Å². The molecule has 1 aromatic heterocycles. The lowest BCUT2D eigenvalue weighted by molar-refractivity contribution is -0.123. The minimum Gasteiger partial charge on any atom is -0.487 e. The summed E-state index contributed by atoms with van der Waals surface area (Å²) in [6.45, 7) is 6.12. The Morgan fingerprint density at radius 1 is 1.16 bits per heavy atom. The Kier molecular flexibility index (Phi) is 8.52. The van der Waals surface area contributed by atoms with Crippen LogP contribution in [0.3, 0.4) is 0 Å². The van der Waals surface area contributed by atoms with Gasteiger partial charge in [0.15, 0.2) is 5.78 Å². The van der Waals surface area contributed by atoms with Crippen molar-refractivity contribution in [3.05, 3.63) is 80.8 Å². The van der Waals surface area contributed by atoms with Gasteiger partial charge in [0.2, 0.25) is 11.8 Å². The third-order valence-electron chi connectivity index (χ3n) is 6.83. The zero-order valence-electron chi connectivity index (χ0n) is 23.9. The molecule has 2 atom stereocenters. The van der Waals surface area contributed by atoms with Gasteiger partial charge in [-0.1, -0.05) is 29.8 Å². The van der Waals surface area contributed by atoms with E-state index in [0.29, 0.717) is 35.3 Å². The van der Waals surface area contributed by atoms with Gasteiger partial charge in [-0.3, -0.25) is 29.3 Å². The second-order valence-electron chi connectivity index (χ2n) is 11.2. The first-order valence-electron chi connectivity index (χ1n) is 13.6. The molecule has 5 rings (SSSR count). The molecular formula is C30H31ClN6O5S. The molecule has 2 aliphatic heterocycles. The van der Waals surface area contributed by atoms with E-state index < -0.39 is 41.8 Å². The molecular weight excluding hydrogens is 592 g/mol. The number of hydrogen-bond donors (Lipinski definition) is 2. The second kappa shape index (κ2) is 12.1. The normalized spacial score (nSPS) is 18.7. The Labute approximate surface area is 257 Å².